The van der Waals surface area contributed by atoms with E-state index in [2.05, 4.69) is 19.2 Å². The lowest BCUT2D eigenvalue weighted by Crippen LogP contribution is -2.44. The van der Waals surface area contributed by atoms with E-state index in [0.717, 1.165) is 36.8 Å². The summed E-state index contributed by atoms with van der Waals surface area (Å²) in [5, 5.41) is 4.20. The zero-order valence-electron chi connectivity index (χ0n) is 13.4. The Balaban J connectivity index is 2.22. The van der Waals surface area contributed by atoms with Gasteiger partial charge in [0.2, 0.25) is 0 Å². The molecule has 0 saturated heterocycles. The Bertz CT molecular complexity index is 476. The molecule has 118 valence electrons. The number of ether oxygens (including phenoxy) is 2. The van der Waals surface area contributed by atoms with E-state index in [4.69, 9.17) is 21.1 Å². The fourth-order valence-electron chi connectivity index (χ4n) is 3.08. The van der Waals surface area contributed by atoms with E-state index >= 15 is 0 Å². The van der Waals surface area contributed by atoms with Gasteiger partial charge < -0.3 is 14.8 Å². The standard InChI is InChI=1S/C17H26ClNO2/c1-5-20-16(11(2)3)15(19-4)10-13-9-14(18)8-12-6-7-21-17(12)13/h8-9,11,15-16,19H,5-7,10H2,1-4H3. The second-order valence-electron chi connectivity index (χ2n) is 5.91. The quantitative estimate of drug-likeness (QED) is 0.836. The Labute approximate surface area is 133 Å². The molecule has 4 heteroatoms. The third-order valence-corrected chi connectivity index (χ3v) is 4.27. The first-order chi connectivity index (χ1) is 10.1. The number of rotatable bonds is 7. The average molecular weight is 312 g/mol. The van der Waals surface area contributed by atoms with Crippen molar-refractivity contribution in [2.24, 2.45) is 5.92 Å². The molecule has 0 aromatic heterocycles. The smallest absolute Gasteiger partial charge is 0.125 e. The monoisotopic (exact) mass is 311 g/mol. The van der Waals surface area contributed by atoms with Gasteiger partial charge in [-0.3, -0.25) is 0 Å². The fraction of sp³-hybridized carbons (Fsp3) is 0.647. The first-order valence-electron chi connectivity index (χ1n) is 7.79. The summed E-state index contributed by atoms with van der Waals surface area (Å²) in [7, 11) is 1.99. The molecule has 0 saturated carbocycles. The van der Waals surface area contributed by atoms with Crippen molar-refractivity contribution in [2.75, 3.05) is 20.3 Å². The first-order valence-corrected chi connectivity index (χ1v) is 8.17. The van der Waals surface area contributed by atoms with E-state index in [1.807, 2.05) is 26.1 Å². The molecule has 0 radical (unpaired) electrons. The van der Waals surface area contributed by atoms with Gasteiger partial charge >= 0.3 is 0 Å². The van der Waals surface area contributed by atoms with Gasteiger partial charge in [0, 0.05) is 24.1 Å². The van der Waals surface area contributed by atoms with Crippen molar-refractivity contribution >= 4 is 11.6 Å². The molecule has 1 heterocycles. The van der Waals surface area contributed by atoms with Crippen LogP contribution in [0.4, 0.5) is 0 Å². The summed E-state index contributed by atoms with van der Waals surface area (Å²) >= 11 is 6.25. The van der Waals surface area contributed by atoms with Gasteiger partial charge in [-0.2, -0.15) is 0 Å². The molecule has 1 aliphatic heterocycles. The number of hydrogen-bond acceptors (Lipinski definition) is 3. The number of fused-ring (bicyclic) bond motifs is 1. The minimum Gasteiger partial charge on any atom is -0.493 e. The highest BCUT2D eigenvalue weighted by molar-refractivity contribution is 6.30. The van der Waals surface area contributed by atoms with Crippen molar-refractivity contribution in [2.45, 2.75) is 45.8 Å². The Hall–Kier alpha value is -0.770. The Morgan fingerprint density at radius 2 is 2.14 bits per heavy atom. The third kappa shape index (κ3) is 3.91. The van der Waals surface area contributed by atoms with Gasteiger partial charge in [0.1, 0.15) is 5.75 Å². The summed E-state index contributed by atoms with van der Waals surface area (Å²) in [5.74, 6) is 1.48. The van der Waals surface area contributed by atoms with Crippen LogP contribution in [0.25, 0.3) is 0 Å². The lowest BCUT2D eigenvalue weighted by Gasteiger charge is -2.30. The van der Waals surface area contributed by atoms with Gasteiger partial charge in [0.05, 0.1) is 12.7 Å². The minimum atomic E-state index is 0.177. The lowest BCUT2D eigenvalue weighted by atomic mass is 9.92. The van der Waals surface area contributed by atoms with E-state index in [1.165, 1.54) is 11.1 Å². The maximum absolute atomic E-state index is 6.25. The zero-order valence-corrected chi connectivity index (χ0v) is 14.2. The predicted octanol–water partition coefficient (Wildman–Crippen LogP) is 3.47. The van der Waals surface area contributed by atoms with Gasteiger partial charge in [0.15, 0.2) is 0 Å². The van der Waals surface area contributed by atoms with E-state index < -0.39 is 0 Å². The molecule has 0 aliphatic carbocycles. The highest BCUT2D eigenvalue weighted by atomic mass is 35.5. The van der Waals surface area contributed by atoms with Crippen molar-refractivity contribution in [1.82, 2.24) is 5.32 Å². The Kier molecular flexibility index (Phi) is 5.91. The minimum absolute atomic E-state index is 0.177. The van der Waals surface area contributed by atoms with E-state index in [-0.39, 0.29) is 12.1 Å². The number of benzene rings is 1. The van der Waals surface area contributed by atoms with E-state index in [9.17, 15) is 0 Å². The number of hydrogen-bond donors (Lipinski definition) is 1. The average Bonchev–Trinajstić information content (AvgIpc) is 2.90. The number of likely N-dealkylation sites (N-methyl/N-ethyl adjacent to an activating group) is 1. The predicted molar refractivity (Wildman–Crippen MR) is 87.5 cm³/mol. The molecule has 0 amide bonds. The van der Waals surface area contributed by atoms with Gasteiger partial charge in [-0.05, 0) is 49.6 Å². The van der Waals surface area contributed by atoms with Crippen molar-refractivity contribution in [3.05, 3.63) is 28.3 Å². The third-order valence-electron chi connectivity index (χ3n) is 4.05. The van der Waals surface area contributed by atoms with Crippen LogP contribution < -0.4 is 10.1 Å². The molecule has 0 fully saturated rings. The number of halogens is 1. The topological polar surface area (TPSA) is 30.5 Å². The highest BCUT2D eigenvalue weighted by Crippen LogP contribution is 2.34. The van der Waals surface area contributed by atoms with Crippen LogP contribution in [-0.2, 0) is 17.6 Å². The van der Waals surface area contributed by atoms with Crippen LogP contribution >= 0.6 is 11.6 Å². The Morgan fingerprint density at radius 1 is 1.38 bits per heavy atom. The van der Waals surface area contributed by atoms with Crippen molar-refractivity contribution < 1.29 is 9.47 Å². The molecule has 21 heavy (non-hydrogen) atoms. The van der Waals surface area contributed by atoms with Crippen LogP contribution in [-0.4, -0.2) is 32.4 Å². The molecular formula is C17H26ClNO2. The SMILES string of the molecule is CCOC(C(C)C)C(Cc1cc(Cl)cc2c1OCC2)NC. The van der Waals surface area contributed by atoms with Crippen LogP contribution in [0.2, 0.25) is 5.02 Å². The molecule has 2 atom stereocenters. The van der Waals surface area contributed by atoms with Gasteiger partial charge in [-0.1, -0.05) is 25.4 Å². The molecule has 1 N–H and O–H groups in total. The number of nitrogens with one attached hydrogen (secondary N) is 1. The van der Waals surface area contributed by atoms with E-state index in [0.29, 0.717) is 5.92 Å². The van der Waals surface area contributed by atoms with Crippen molar-refractivity contribution in [3.8, 4) is 5.75 Å². The van der Waals surface area contributed by atoms with Gasteiger partial charge in [-0.25, -0.2) is 0 Å². The first kappa shape index (κ1) is 16.6. The second kappa shape index (κ2) is 7.48. The maximum atomic E-state index is 6.25. The summed E-state index contributed by atoms with van der Waals surface area (Å²) in [6.07, 6.45) is 1.99. The van der Waals surface area contributed by atoms with Crippen LogP contribution in [0, 0.1) is 5.92 Å². The Morgan fingerprint density at radius 3 is 2.76 bits per heavy atom. The molecule has 1 aromatic carbocycles. The summed E-state index contributed by atoms with van der Waals surface area (Å²) in [6, 6.07) is 4.29. The van der Waals surface area contributed by atoms with E-state index in [1.54, 1.807) is 0 Å². The highest BCUT2D eigenvalue weighted by Gasteiger charge is 2.27. The summed E-state index contributed by atoms with van der Waals surface area (Å²) in [6.45, 7) is 7.92. The van der Waals surface area contributed by atoms with Gasteiger partial charge in [-0.15, -0.1) is 0 Å². The lowest BCUT2D eigenvalue weighted by molar-refractivity contribution is 0.00525. The molecule has 1 aliphatic rings. The van der Waals surface area contributed by atoms with Crippen LogP contribution in [0.1, 0.15) is 31.9 Å². The molecule has 2 rings (SSSR count). The molecular weight excluding hydrogens is 286 g/mol. The fourth-order valence-corrected chi connectivity index (χ4v) is 3.35. The van der Waals surface area contributed by atoms with Crippen LogP contribution in [0.5, 0.6) is 5.75 Å². The summed E-state index contributed by atoms with van der Waals surface area (Å²) in [4.78, 5) is 0. The normalized spacial score (nSPS) is 16.7. The maximum Gasteiger partial charge on any atom is 0.125 e. The van der Waals surface area contributed by atoms with Crippen molar-refractivity contribution in [1.29, 1.82) is 0 Å². The molecule has 3 nitrogen and oxygen atoms in total. The molecule has 2 unspecified atom stereocenters. The summed E-state index contributed by atoms with van der Waals surface area (Å²) < 4.78 is 11.7. The van der Waals surface area contributed by atoms with Crippen LogP contribution in [0.3, 0.4) is 0 Å². The zero-order chi connectivity index (χ0) is 15.4. The second-order valence-corrected chi connectivity index (χ2v) is 6.35. The molecule has 0 bridgehead atoms. The molecule has 1 aromatic rings. The molecule has 0 spiro atoms. The van der Waals surface area contributed by atoms with Crippen LogP contribution in [0.15, 0.2) is 12.1 Å². The van der Waals surface area contributed by atoms with Gasteiger partial charge in [0.25, 0.3) is 0 Å². The van der Waals surface area contributed by atoms with Crippen molar-refractivity contribution in [3.63, 3.8) is 0 Å². The largest absolute Gasteiger partial charge is 0.493 e. The summed E-state index contributed by atoms with van der Waals surface area (Å²) in [5.41, 5.74) is 2.41.